The number of benzene rings is 4. The summed E-state index contributed by atoms with van der Waals surface area (Å²) in [7, 11) is -1.32. The zero-order chi connectivity index (χ0) is 30.0. The first-order chi connectivity index (χ1) is 19.8. The molecule has 0 bridgehead atoms. The quantitative estimate of drug-likeness (QED) is 0.216. The molecule has 2 atom stereocenters. The molecule has 1 heteroatoms. The van der Waals surface area contributed by atoms with Gasteiger partial charge in [-0.1, -0.05) is 156 Å². The molecular weight excluding hydrogens is 521 g/mol. The van der Waals surface area contributed by atoms with Crippen LogP contribution in [-0.4, -0.2) is 8.80 Å². The Bertz CT molecular complexity index is 1570. The van der Waals surface area contributed by atoms with Gasteiger partial charge in [0.25, 0.3) is 0 Å². The van der Waals surface area contributed by atoms with E-state index in [0.29, 0.717) is 11.1 Å². The Morgan fingerprint density at radius 2 is 0.857 bits per heavy atom. The van der Waals surface area contributed by atoms with Gasteiger partial charge >= 0.3 is 0 Å². The van der Waals surface area contributed by atoms with E-state index in [1.165, 1.54) is 55.7 Å². The summed E-state index contributed by atoms with van der Waals surface area (Å²) in [6, 6.07) is 32.6. The molecule has 0 spiro atoms. The van der Waals surface area contributed by atoms with Crippen LogP contribution in [0.5, 0.6) is 0 Å². The highest BCUT2D eigenvalue weighted by atomic mass is 28.3. The van der Waals surface area contributed by atoms with Crippen LogP contribution in [0.1, 0.15) is 99.9 Å². The lowest BCUT2D eigenvalue weighted by Crippen LogP contribution is -2.28. The summed E-state index contributed by atoms with van der Waals surface area (Å²) in [6.45, 7) is 21.1. The molecule has 4 aromatic carbocycles. The molecule has 0 fully saturated rings. The number of hydrogen-bond donors (Lipinski definition) is 0. The largest absolute Gasteiger partial charge is 0.0705 e. The van der Waals surface area contributed by atoms with E-state index in [1.54, 1.807) is 11.1 Å². The highest BCUT2D eigenvalue weighted by molar-refractivity contribution is 6.63. The van der Waals surface area contributed by atoms with Crippen molar-refractivity contribution in [3.8, 4) is 22.3 Å². The topological polar surface area (TPSA) is 0 Å². The minimum Gasteiger partial charge on any atom is -0.0705 e. The Morgan fingerprint density at radius 1 is 0.500 bits per heavy atom. The van der Waals surface area contributed by atoms with Crippen LogP contribution in [0.3, 0.4) is 0 Å². The van der Waals surface area contributed by atoms with Crippen LogP contribution in [0.25, 0.3) is 34.4 Å². The summed E-state index contributed by atoms with van der Waals surface area (Å²) in [6.07, 6.45) is 5.00. The first-order valence-corrected chi connectivity index (χ1v) is 18.2. The molecule has 0 heterocycles. The molecular formula is C41H46Si. The number of allylic oxidation sites excluding steroid dienone is 2. The summed E-state index contributed by atoms with van der Waals surface area (Å²) in [5.74, 6) is 0. The Kier molecular flexibility index (Phi) is 7.09. The molecule has 2 unspecified atom stereocenters. The average Bonchev–Trinajstić information content (AvgIpc) is 3.47. The van der Waals surface area contributed by atoms with Gasteiger partial charge in [0.05, 0.1) is 8.80 Å². The van der Waals surface area contributed by atoms with Gasteiger partial charge in [0.2, 0.25) is 0 Å². The van der Waals surface area contributed by atoms with E-state index in [9.17, 15) is 0 Å². The van der Waals surface area contributed by atoms with Crippen molar-refractivity contribution in [3.63, 3.8) is 0 Å². The molecule has 6 rings (SSSR count). The van der Waals surface area contributed by atoms with Gasteiger partial charge in [-0.05, 0) is 91.4 Å². The van der Waals surface area contributed by atoms with E-state index in [-0.39, 0.29) is 10.8 Å². The number of fused-ring (bicyclic) bond motifs is 2. The first kappa shape index (κ1) is 28.7. The number of hydrogen-bond acceptors (Lipinski definition) is 0. The smallest absolute Gasteiger partial charge is 0.0599 e. The van der Waals surface area contributed by atoms with Crippen LogP contribution in [-0.2, 0) is 10.8 Å². The third kappa shape index (κ3) is 4.96. The Balaban J connectivity index is 1.34. The van der Waals surface area contributed by atoms with Crippen LogP contribution < -0.4 is 0 Å². The van der Waals surface area contributed by atoms with Gasteiger partial charge in [0.1, 0.15) is 0 Å². The Hall–Kier alpha value is -3.42. The molecule has 0 aromatic heterocycles. The molecule has 42 heavy (non-hydrogen) atoms. The summed E-state index contributed by atoms with van der Waals surface area (Å²) in [5.41, 5.74) is 18.6. The highest BCUT2D eigenvalue weighted by Gasteiger charge is 2.38. The molecule has 214 valence electrons. The van der Waals surface area contributed by atoms with E-state index >= 15 is 0 Å². The van der Waals surface area contributed by atoms with Crippen LogP contribution in [0.15, 0.2) is 96.1 Å². The fourth-order valence-corrected chi connectivity index (χ4v) is 11.5. The van der Waals surface area contributed by atoms with E-state index < -0.39 is 8.80 Å². The first-order valence-electron chi connectivity index (χ1n) is 15.7. The average molecular weight is 567 g/mol. The fraction of sp³-hybridized carbons (Fsp3) is 0.317. The van der Waals surface area contributed by atoms with Gasteiger partial charge in [-0.25, -0.2) is 0 Å². The summed E-state index contributed by atoms with van der Waals surface area (Å²) in [4.78, 5) is 0. The normalized spacial score (nSPS) is 18.8. The van der Waals surface area contributed by atoms with Crippen molar-refractivity contribution < 1.29 is 0 Å². The lowest BCUT2D eigenvalue weighted by Gasteiger charge is -2.29. The molecule has 0 aliphatic heterocycles. The fourth-order valence-electron chi connectivity index (χ4n) is 7.55. The van der Waals surface area contributed by atoms with Gasteiger partial charge < -0.3 is 0 Å². The maximum Gasteiger partial charge on any atom is 0.0599 e. The summed E-state index contributed by atoms with van der Waals surface area (Å²) >= 11 is 0. The molecule has 0 saturated heterocycles. The maximum absolute atomic E-state index is 2.61. The second kappa shape index (κ2) is 10.4. The molecule has 0 nitrogen and oxygen atoms in total. The van der Waals surface area contributed by atoms with Gasteiger partial charge in [0.15, 0.2) is 0 Å². The van der Waals surface area contributed by atoms with E-state index in [0.717, 1.165) is 0 Å². The SMILES string of the molecule is CC1=Cc2c(-c3ccc(C(C)(C)C)cc3)cccc2C1[SiH](C)C1C(C)=Cc2c(-c3ccc(C(C)(C)C)cc3)cccc21. The van der Waals surface area contributed by atoms with Crippen molar-refractivity contribution in [2.75, 3.05) is 0 Å². The van der Waals surface area contributed by atoms with Crippen LogP contribution >= 0.6 is 0 Å². The van der Waals surface area contributed by atoms with Crippen LogP contribution in [0, 0.1) is 0 Å². The van der Waals surface area contributed by atoms with Crippen LogP contribution in [0.4, 0.5) is 0 Å². The van der Waals surface area contributed by atoms with Gasteiger partial charge in [-0.2, -0.15) is 0 Å². The van der Waals surface area contributed by atoms with Crippen molar-refractivity contribution in [1.29, 1.82) is 0 Å². The Morgan fingerprint density at radius 3 is 1.19 bits per heavy atom. The zero-order valence-corrected chi connectivity index (χ0v) is 28.1. The van der Waals surface area contributed by atoms with E-state index in [2.05, 4.69) is 159 Å². The minimum atomic E-state index is -1.32. The zero-order valence-electron chi connectivity index (χ0n) is 27.0. The summed E-state index contributed by atoms with van der Waals surface area (Å²) in [5, 5.41) is 0. The Labute approximate surface area is 255 Å². The van der Waals surface area contributed by atoms with Gasteiger partial charge in [-0.15, -0.1) is 0 Å². The number of rotatable bonds is 4. The summed E-state index contributed by atoms with van der Waals surface area (Å²) < 4.78 is 0. The predicted octanol–water partition coefficient (Wildman–Crippen LogP) is 11.3. The van der Waals surface area contributed by atoms with Crippen molar-refractivity contribution in [2.45, 2.75) is 83.8 Å². The molecule has 0 radical (unpaired) electrons. The lowest BCUT2D eigenvalue weighted by molar-refractivity contribution is 0.590. The monoisotopic (exact) mass is 566 g/mol. The molecule has 0 N–H and O–H groups in total. The second-order valence-electron chi connectivity index (χ2n) is 14.9. The molecule has 4 aromatic rings. The molecule has 0 saturated carbocycles. The lowest BCUT2D eigenvalue weighted by atomic mass is 9.86. The molecule has 2 aliphatic rings. The van der Waals surface area contributed by atoms with Gasteiger partial charge in [-0.3, -0.25) is 0 Å². The molecule has 2 aliphatic carbocycles. The third-order valence-corrected chi connectivity index (χ3v) is 13.7. The third-order valence-electron chi connectivity index (χ3n) is 9.85. The highest BCUT2D eigenvalue weighted by Crippen LogP contribution is 2.49. The maximum atomic E-state index is 2.61. The van der Waals surface area contributed by atoms with Crippen molar-refractivity contribution in [1.82, 2.24) is 0 Å². The van der Waals surface area contributed by atoms with Gasteiger partial charge in [0, 0.05) is 0 Å². The predicted molar refractivity (Wildman–Crippen MR) is 187 cm³/mol. The minimum absolute atomic E-state index is 0.165. The molecule has 0 amide bonds. The van der Waals surface area contributed by atoms with E-state index in [1.807, 2.05) is 0 Å². The van der Waals surface area contributed by atoms with Crippen molar-refractivity contribution >= 4 is 20.9 Å². The van der Waals surface area contributed by atoms with Crippen LogP contribution in [0.2, 0.25) is 6.55 Å². The standard InChI is InChI=1S/C41H46Si/c1-26-24-36-32(28-16-20-30(21-17-28)40(3,4)5)12-10-14-34(36)38(26)42(9)39-27(2)25-37-33(13-11-15-35(37)39)29-18-22-31(23-19-29)41(6,7)8/h10-25,38-39,42H,1-9H3. The van der Waals surface area contributed by atoms with E-state index in [4.69, 9.17) is 0 Å². The van der Waals surface area contributed by atoms with Crippen molar-refractivity contribution in [3.05, 3.63) is 129 Å². The second-order valence-corrected chi connectivity index (χ2v) is 17.9. The van der Waals surface area contributed by atoms with Crippen molar-refractivity contribution in [2.24, 2.45) is 0 Å².